The van der Waals surface area contributed by atoms with Crippen molar-refractivity contribution in [3.8, 4) is 0 Å². The van der Waals surface area contributed by atoms with E-state index in [0.717, 1.165) is 12.2 Å². The summed E-state index contributed by atoms with van der Waals surface area (Å²) in [6.45, 7) is 5.77. The maximum atomic E-state index is 5.87. The van der Waals surface area contributed by atoms with Crippen molar-refractivity contribution < 1.29 is 0 Å². The maximum Gasteiger partial charge on any atom is 0.0168 e. The predicted molar refractivity (Wildman–Crippen MR) is 64.7 cm³/mol. The highest BCUT2D eigenvalue weighted by atomic mass is 32.2. The van der Waals surface area contributed by atoms with Crippen LogP contribution in [0.15, 0.2) is 41.8 Å². The zero-order valence-electron chi connectivity index (χ0n) is 8.57. The van der Waals surface area contributed by atoms with Crippen LogP contribution in [0.25, 0.3) is 0 Å². The molecule has 0 saturated carbocycles. The molecule has 1 atom stereocenters. The smallest absolute Gasteiger partial charge is 0.0168 e. The number of thioether (sulfide) groups is 1. The van der Waals surface area contributed by atoms with Gasteiger partial charge in [0.25, 0.3) is 0 Å². The van der Waals surface area contributed by atoms with Crippen molar-refractivity contribution in [1.29, 1.82) is 0 Å². The van der Waals surface area contributed by atoms with Gasteiger partial charge in [-0.05, 0) is 25.5 Å². The van der Waals surface area contributed by atoms with E-state index in [9.17, 15) is 0 Å². The molecule has 1 unspecified atom stereocenters. The summed E-state index contributed by atoms with van der Waals surface area (Å²) in [6.07, 6.45) is 2.76. The van der Waals surface area contributed by atoms with Crippen LogP contribution < -0.4 is 5.73 Å². The zero-order chi connectivity index (χ0) is 10.4. The van der Waals surface area contributed by atoms with Crippen LogP contribution in [0, 0.1) is 6.92 Å². The summed E-state index contributed by atoms with van der Waals surface area (Å²) in [5.41, 5.74) is 7.17. The van der Waals surface area contributed by atoms with Crippen molar-refractivity contribution in [2.45, 2.75) is 24.3 Å². The third-order valence-corrected chi connectivity index (χ3v) is 3.15. The van der Waals surface area contributed by atoms with Gasteiger partial charge in [0.05, 0.1) is 0 Å². The fourth-order valence-corrected chi connectivity index (χ4v) is 1.99. The van der Waals surface area contributed by atoms with Gasteiger partial charge < -0.3 is 5.73 Å². The Hall–Kier alpha value is -0.730. The maximum absolute atomic E-state index is 5.87. The first-order chi connectivity index (χ1) is 6.72. The molecule has 0 fully saturated rings. The fraction of sp³-hybridized carbons (Fsp3) is 0.333. The van der Waals surface area contributed by atoms with Gasteiger partial charge >= 0.3 is 0 Å². The second kappa shape index (κ2) is 5.89. The molecule has 0 radical (unpaired) electrons. The van der Waals surface area contributed by atoms with Gasteiger partial charge in [0.15, 0.2) is 0 Å². The molecule has 0 aliphatic heterocycles. The molecular weight excluding hydrogens is 190 g/mol. The highest BCUT2D eigenvalue weighted by Crippen LogP contribution is 2.19. The normalized spacial score (nSPS) is 12.4. The van der Waals surface area contributed by atoms with Crippen molar-refractivity contribution in [2.75, 3.05) is 5.75 Å². The van der Waals surface area contributed by atoms with Gasteiger partial charge in [-0.15, -0.1) is 18.3 Å². The molecule has 0 bridgehead atoms. The molecule has 1 nitrogen and oxygen atoms in total. The van der Waals surface area contributed by atoms with Gasteiger partial charge in [-0.25, -0.2) is 0 Å². The van der Waals surface area contributed by atoms with Gasteiger partial charge in [0, 0.05) is 16.7 Å². The van der Waals surface area contributed by atoms with Crippen molar-refractivity contribution in [3.63, 3.8) is 0 Å². The van der Waals surface area contributed by atoms with Crippen LogP contribution in [0.2, 0.25) is 0 Å². The quantitative estimate of drug-likeness (QED) is 0.593. The van der Waals surface area contributed by atoms with Crippen LogP contribution >= 0.6 is 11.8 Å². The van der Waals surface area contributed by atoms with Gasteiger partial charge in [-0.3, -0.25) is 0 Å². The molecule has 1 rings (SSSR count). The fourth-order valence-electron chi connectivity index (χ4n) is 1.12. The minimum Gasteiger partial charge on any atom is -0.327 e. The standard InChI is InChI=1S/C12H17NS/c1-3-4-11(13)9-14-12-7-5-10(2)6-8-12/h3,5-8,11H,1,4,9,13H2,2H3. The Balaban J connectivity index is 2.37. The Kier molecular flexibility index (Phi) is 4.77. The molecule has 2 heteroatoms. The Labute approximate surface area is 90.4 Å². The Bertz CT molecular complexity index is 279. The first kappa shape index (κ1) is 11.3. The molecule has 0 aliphatic carbocycles. The molecule has 0 saturated heterocycles. The van der Waals surface area contributed by atoms with Crippen molar-refractivity contribution in [2.24, 2.45) is 5.73 Å². The van der Waals surface area contributed by atoms with Crippen molar-refractivity contribution in [1.82, 2.24) is 0 Å². The Morgan fingerprint density at radius 1 is 1.43 bits per heavy atom. The molecular formula is C12H17NS. The number of rotatable bonds is 5. The SMILES string of the molecule is C=CCC(N)CSc1ccc(C)cc1. The van der Waals surface area contributed by atoms with Crippen LogP contribution in [0.1, 0.15) is 12.0 Å². The van der Waals surface area contributed by atoms with Crippen LogP contribution in [-0.2, 0) is 0 Å². The molecule has 0 aromatic heterocycles. The number of hydrogen-bond acceptors (Lipinski definition) is 2. The van der Waals surface area contributed by atoms with Gasteiger partial charge in [-0.1, -0.05) is 23.8 Å². The largest absolute Gasteiger partial charge is 0.327 e. The monoisotopic (exact) mass is 207 g/mol. The summed E-state index contributed by atoms with van der Waals surface area (Å²) in [4.78, 5) is 1.29. The first-order valence-corrected chi connectivity index (χ1v) is 5.77. The lowest BCUT2D eigenvalue weighted by Gasteiger charge is -2.08. The minimum atomic E-state index is 0.221. The Morgan fingerprint density at radius 3 is 2.64 bits per heavy atom. The first-order valence-electron chi connectivity index (χ1n) is 4.78. The van der Waals surface area contributed by atoms with Crippen LogP contribution in [0.5, 0.6) is 0 Å². The van der Waals surface area contributed by atoms with Crippen molar-refractivity contribution in [3.05, 3.63) is 42.5 Å². The zero-order valence-corrected chi connectivity index (χ0v) is 9.39. The van der Waals surface area contributed by atoms with Crippen LogP contribution in [0.4, 0.5) is 0 Å². The third-order valence-electron chi connectivity index (χ3n) is 1.95. The number of benzene rings is 1. The molecule has 0 heterocycles. The molecule has 76 valence electrons. The van der Waals surface area contributed by atoms with Gasteiger partial charge in [0.1, 0.15) is 0 Å². The Morgan fingerprint density at radius 2 is 2.07 bits per heavy atom. The average molecular weight is 207 g/mol. The summed E-state index contributed by atoms with van der Waals surface area (Å²) in [5, 5.41) is 0. The van der Waals surface area contributed by atoms with E-state index in [0.29, 0.717) is 0 Å². The highest BCUT2D eigenvalue weighted by Gasteiger charge is 2.00. The van der Waals surface area contributed by atoms with Crippen molar-refractivity contribution >= 4 is 11.8 Å². The molecule has 14 heavy (non-hydrogen) atoms. The third kappa shape index (κ3) is 3.99. The van der Waals surface area contributed by atoms with E-state index in [1.165, 1.54) is 10.5 Å². The lowest BCUT2D eigenvalue weighted by molar-refractivity contribution is 0.769. The van der Waals surface area contributed by atoms with Gasteiger partial charge in [-0.2, -0.15) is 0 Å². The summed E-state index contributed by atoms with van der Waals surface area (Å²) in [5.74, 6) is 0.953. The minimum absolute atomic E-state index is 0.221. The summed E-state index contributed by atoms with van der Waals surface area (Å²) in [6, 6.07) is 8.75. The van der Waals surface area contributed by atoms with E-state index in [2.05, 4.69) is 37.8 Å². The van der Waals surface area contributed by atoms with Crippen LogP contribution in [0.3, 0.4) is 0 Å². The summed E-state index contributed by atoms with van der Waals surface area (Å²) < 4.78 is 0. The topological polar surface area (TPSA) is 26.0 Å². The molecule has 1 aromatic rings. The van der Waals surface area contributed by atoms with E-state index in [-0.39, 0.29) is 6.04 Å². The molecule has 2 N–H and O–H groups in total. The number of nitrogens with two attached hydrogens (primary N) is 1. The molecule has 0 aliphatic rings. The summed E-state index contributed by atoms with van der Waals surface area (Å²) >= 11 is 1.80. The highest BCUT2D eigenvalue weighted by molar-refractivity contribution is 7.99. The molecule has 0 amide bonds. The second-order valence-electron chi connectivity index (χ2n) is 3.41. The molecule has 0 spiro atoms. The van der Waals surface area contributed by atoms with Crippen LogP contribution in [-0.4, -0.2) is 11.8 Å². The van der Waals surface area contributed by atoms with E-state index in [1.54, 1.807) is 11.8 Å². The second-order valence-corrected chi connectivity index (χ2v) is 4.50. The lowest BCUT2D eigenvalue weighted by Crippen LogP contribution is -2.21. The number of hydrogen-bond donors (Lipinski definition) is 1. The predicted octanol–water partition coefficient (Wildman–Crippen LogP) is 2.99. The van der Waals surface area contributed by atoms with Gasteiger partial charge in [0.2, 0.25) is 0 Å². The van der Waals surface area contributed by atoms with E-state index < -0.39 is 0 Å². The van der Waals surface area contributed by atoms with E-state index in [4.69, 9.17) is 5.73 Å². The molecule has 1 aromatic carbocycles. The summed E-state index contributed by atoms with van der Waals surface area (Å²) in [7, 11) is 0. The number of aryl methyl sites for hydroxylation is 1. The van der Waals surface area contributed by atoms with E-state index in [1.807, 2.05) is 6.08 Å². The lowest BCUT2D eigenvalue weighted by atomic mass is 10.2. The van der Waals surface area contributed by atoms with E-state index >= 15 is 0 Å². The average Bonchev–Trinajstić information content (AvgIpc) is 2.17.